The van der Waals surface area contributed by atoms with Crippen LogP contribution in [0.3, 0.4) is 0 Å². The van der Waals surface area contributed by atoms with E-state index in [0.29, 0.717) is 47.2 Å². The van der Waals surface area contributed by atoms with Gasteiger partial charge in [0.1, 0.15) is 28.8 Å². The van der Waals surface area contributed by atoms with Gasteiger partial charge in [-0.05, 0) is 36.8 Å². The fourth-order valence-electron chi connectivity index (χ4n) is 4.16. The number of nitrogens with zero attached hydrogens (tertiary/aromatic N) is 5. The number of aryl methyl sites for hydroxylation is 1. The van der Waals surface area contributed by atoms with E-state index in [1.54, 1.807) is 38.6 Å². The third-order valence-corrected chi connectivity index (χ3v) is 6.10. The van der Waals surface area contributed by atoms with Crippen LogP contribution in [0.5, 0.6) is 5.75 Å². The molecule has 9 nitrogen and oxygen atoms in total. The molecule has 37 heavy (non-hydrogen) atoms. The molecule has 190 valence electrons. The highest BCUT2D eigenvalue weighted by Gasteiger charge is 2.21. The van der Waals surface area contributed by atoms with Crippen molar-refractivity contribution in [2.24, 2.45) is 0 Å². The van der Waals surface area contributed by atoms with E-state index in [1.807, 2.05) is 25.1 Å². The highest BCUT2D eigenvalue weighted by molar-refractivity contribution is 5.94. The fraction of sp³-hybridized carbons (Fsp3) is 0.296. The van der Waals surface area contributed by atoms with E-state index in [-0.39, 0.29) is 30.2 Å². The summed E-state index contributed by atoms with van der Waals surface area (Å²) >= 11 is 0. The van der Waals surface area contributed by atoms with Crippen LogP contribution in [0.1, 0.15) is 28.9 Å². The van der Waals surface area contributed by atoms with Crippen LogP contribution in [0.25, 0.3) is 38.5 Å². The molecule has 0 bridgehead atoms. The molecule has 0 atom stereocenters. The van der Waals surface area contributed by atoms with Crippen LogP contribution < -0.4 is 4.74 Å². The molecule has 1 aliphatic rings. The Morgan fingerprint density at radius 1 is 1.14 bits per heavy atom. The standard InChI is InChI=1S/C27H25N5O4.ClH/c1-16-13-22(27(33)32(3)4)30-15-19(16)24-14-21-25(36-24)18(7-10-29-21)20-5-6-23(26(28-2)31-20)35-17-8-11-34-12-9-17;/h5-7,10,13-15,17H,8-9,11-12H2,1,3-4H3;1H. The maximum atomic E-state index is 12.3. The summed E-state index contributed by atoms with van der Waals surface area (Å²) < 4.78 is 17.7. The molecule has 4 aromatic rings. The van der Waals surface area contributed by atoms with Gasteiger partial charge in [-0.3, -0.25) is 14.8 Å². The van der Waals surface area contributed by atoms with Crippen molar-refractivity contribution in [3.8, 4) is 28.3 Å². The number of hydrogen-bond donors (Lipinski definition) is 0. The molecule has 10 heteroatoms. The number of furan rings is 1. The van der Waals surface area contributed by atoms with Crippen molar-refractivity contribution in [1.29, 1.82) is 0 Å². The van der Waals surface area contributed by atoms with E-state index in [2.05, 4.69) is 19.8 Å². The van der Waals surface area contributed by atoms with Crippen molar-refractivity contribution in [2.45, 2.75) is 25.9 Å². The largest absolute Gasteiger partial charge is 0.499 e. The molecule has 4 aromatic heterocycles. The first-order valence-electron chi connectivity index (χ1n) is 11.6. The SMILES string of the molecule is Cl.[C-]#[N+]c1nc(-c2ccnc3cc(-c4cnc(C(=O)N(C)C)cc4C)oc23)ccc1OC1CCOCC1. The van der Waals surface area contributed by atoms with Gasteiger partial charge in [-0.15, -0.1) is 17.4 Å². The van der Waals surface area contributed by atoms with Crippen molar-refractivity contribution in [3.63, 3.8) is 0 Å². The molecule has 5 heterocycles. The lowest BCUT2D eigenvalue weighted by atomic mass is 10.1. The third-order valence-electron chi connectivity index (χ3n) is 6.10. The Morgan fingerprint density at radius 2 is 1.92 bits per heavy atom. The molecular weight excluding hydrogens is 494 g/mol. The van der Waals surface area contributed by atoms with Gasteiger partial charge >= 0.3 is 5.82 Å². The summed E-state index contributed by atoms with van der Waals surface area (Å²) in [5.74, 6) is 1.10. The zero-order chi connectivity index (χ0) is 25.2. The minimum atomic E-state index is -0.163. The summed E-state index contributed by atoms with van der Waals surface area (Å²) in [4.78, 5) is 30.7. The molecule has 0 aliphatic carbocycles. The Kier molecular flexibility index (Phi) is 7.71. The lowest BCUT2D eigenvalue weighted by Crippen LogP contribution is -2.25. The molecule has 0 saturated carbocycles. The van der Waals surface area contributed by atoms with Crippen molar-refractivity contribution in [2.75, 3.05) is 27.3 Å². The zero-order valence-electron chi connectivity index (χ0n) is 20.7. The van der Waals surface area contributed by atoms with Gasteiger partial charge in [0, 0.05) is 51.0 Å². The van der Waals surface area contributed by atoms with E-state index < -0.39 is 0 Å². The lowest BCUT2D eigenvalue weighted by Gasteiger charge is -2.23. The van der Waals surface area contributed by atoms with E-state index in [4.69, 9.17) is 20.5 Å². The highest BCUT2D eigenvalue weighted by Crippen LogP contribution is 2.36. The number of rotatable bonds is 5. The average Bonchev–Trinajstić information content (AvgIpc) is 3.33. The second kappa shape index (κ2) is 10.9. The van der Waals surface area contributed by atoms with Crippen LogP contribution in [0, 0.1) is 13.5 Å². The van der Waals surface area contributed by atoms with Crippen LogP contribution in [0.15, 0.2) is 47.1 Å². The fourth-order valence-corrected chi connectivity index (χ4v) is 4.16. The number of hydrogen-bond acceptors (Lipinski definition) is 7. The minimum absolute atomic E-state index is 0. The average molecular weight is 520 g/mol. The van der Waals surface area contributed by atoms with Gasteiger partial charge in [0.25, 0.3) is 5.91 Å². The molecule has 0 spiro atoms. The molecule has 1 fully saturated rings. The van der Waals surface area contributed by atoms with Crippen LogP contribution in [0.4, 0.5) is 5.82 Å². The molecule has 5 rings (SSSR count). The second-order valence-electron chi connectivity index (χ2n) is 8.83. The Bertz CT molecular complexity index is 1490. The number of fused-ring (bicyclic) bond motifs is 1. The lowest BCUT2D eigenvalue weighted by molar-refractivity contribution is 0.0258. The predicted octanol–water partition coefficient (Wildman–Crippen LogP) is 5.49. The number of aromatic nitrogens is 3. The van der Waals surface area contributed by atoms with Crippen LogP contribution in [0.2, 0.25) is 0 Å². The Morgan fingerprint density at radius 3 is 2.62 bits per heavy atom. The summed E-state index contributed by atoms with van der Waals surface area (Å²) in [5.41, 5.74) is 4.53. The molecular formula is C27H26ClN5O4. The molecule has 1 saturated heterocycles. The number of pyridine rings is 3. The maximum absolute atomic E-state index is 12.3. The summed E-state index contributed by atoms with van der Waals surface area (Å²) in [7, 11) is 3.38. The first-order chi connectivity index (χ1) is 17.4. The summed E-state index contributed by atoms with van der Waals surface area (Å²) in [5, 5.41) is 0. The van der Waals surface area contributed by atoms with Crippen molar-refractivity contribution >= 4 is 35.2 Å². The van der Waals surface area contributed by atoms with Gasteiger partial charge in [-0.2, -0.15) is 0 Å². The smallest absolute Gasteiger partial charge is 0.312 e. The number of halogens is 1. The topological polar surface area (TPSA) is 94.9 Å². The molecule has 0 N–H and O–H groups in total. The molecule has 0 radical (unpaired) electrons. The normalized spacial score (nSPS) is 13.6. The second-order valence-corrected chi connectivity index (χ2v) is 8.83. The quantitative estimate of drug-likeness (QED) is 0.321. The monoisotopic (exact) mass is 519 g/mol. The van der Waals surface area contributed by atoms with Crippen molar-refractivity contribution in [1.82, 2.24) is 19.9 Å². The van der Waals surface area contributed by atoms with E-state index >= 15 is 0 Å². The summed E-state index contributed by atoms with van der Waals surface area (Å²) in [6.07, 6.45) is 4.92. The number of ether oxygens (including phenoxy) is 2. The van der Waals surface area contributed by atoms with Gasteiger partial charge in [0.15, 0.2) is 11.3 Å². The minimum Gasteiger partial charge on any atom is -0.499 e. The van der Waals surface area contributed by atoms with Crippen molar-refractivity contribution in [3.05, 3.63) is 65.4 Å². The van der Waals surface area contributed by atoms with Gasteiger partial charge in [0.05, 0.1) is 18.8 Å². The van der Waals surface area contributed by atoms with Crippen LogP contribution in [-0.4, -0.2) is 59.2 Å². The van der Waals surface area contributed by atoms with E-state index in [0.717, 1.165) is 29.5 Å². The Balaban J connectivity index is 0.00000320. The Hall–Kier alpha value is -4.00. The van der Waals surface area contributed by atoms with Crippen LogP contribution >= 0.6 is 12.4 Å². The summed E-state index contributed by atoms with van der Waals surface area (Å²) in [6.45, 7) is 10.8. The number of amides is 1. The maximum Gasteiger partial charge on any atom is 0.312 e. The highest BCUT2D eigenvalue weighted by atomic mass is 35.5. The van der Waals surface area contributed by atoms with Gasteiger partial charge in [-0.1, -0.05) is 6.57 Å². The van der Waals surface area contributed by atoms with Crippen molar-refractivity contribution < 1.29 is 18.7 Å². The number of carbonyl (C=O) groups is 1. The first kappa shape index (κ1) is 26.1. The zero-order valence-corrected chi connectivity index (χ0v) is 21.5. The third kappa shape index (κ3) is 5.26. The van der Waals surface area contributed by atoms with Crippen LogP contribution in [-0.2, 0) is 4.74 Å². The predicted molar refractivity (Wildman–Crippen MR) is 141 cm³/mol. The van der Waals surface area contributed by atoms with Gasteiger partial charge in [0.2, 0.25) is 0 Å². The van der Waals surface area contributed by atoms with Gasteiger partial charge < -0.3 is 23.6 Å². The molecule has 0 unspecified atom stereocenters. The Labute approximate surface area is 220 Å². The number of carbonyl (C=O) groups excluding carboxylic acids is 1. The first-order valence-corrected chi connectivity index (χ1v) is 11.6. The van der Waals surface area contributed by atoms with Gasteiger partial charge in [-0.25, -0.2) is 0 Å². The summed E-state index contributed by atoms with van der Waals surface area (Å²) in [6, 6.07) is 9.02. The van der Waals surface area contributed by atoms with E-state index in [1.165, 1.54) is 4.90 Å². The molecule has 0 aromatic carbocycles. The molecule has 1 aliphatic heterocycles. The van der Waals surface area contributed by atoms with E-state index in [9.17, 15) is 4.79 Å². The molecule has 1 amide bonds.